The van der Waals surface area contributed by atoms with Crippen LogP contribution < -0.4 is 19.5 Å². The van der Waals surface area contributed by atoms with Crippen molar-refractivity contribution in [2.75, 3.05) is 26.6 Å². The lowest BCUT2D eigenvalue weighted by Crippen LogP contribution is -2.35. The van der Waals surface area contributed by atoms with Crippen LogP contribution in [-0.2, 0) is 14.8 Å². The lowest BCUT2D eigenvalue weighted by molar-refractivity contribution is 0.0596. The molecule has 0 amide bonds. The standard InChI is InChI=1S/C14H15N5O6S2/c1-23-10(20)8-6-4-5-7-9(8)27(21,22)19-14(26)17-11-15-12(24-2)18-13(16-11)25-3/h4-7H,1-3H3,(H2,15,16,17,18,19,26). The molecule has 1 aromatic carbocycles. The first kappa shape index (κ1) is 20.3. The molecule has 2 N–H and O–H groups in total. The predicted octanol–water partition coefficient (Wildman–Crippen LogP) is 0.351. The molecule has 0 saturated carbocycles. The summed E-state index contributed by atoms with van der Waals surface area (Å²) in [4.78, 5) is 23.0. The largest absolute Gasteiger partial charge is 0.467 e. The summed E-state index contributed by atoms with van der Waals surface area (Å²) < 4.78 is 41.6. The van der Waals surface area contributed by atoms with Crippen molar-refractivity contribution in [3.63, 3.8) is 0 Å². The zero-order chi connectivity index (χ0) is 20.0. The molecule has 0 fully saturated rings. The van der Waals surface area contributed by atoms with Gasteiger partial charge in [-0.2, -0.15) is 9.97 Å². The van der Waals surface area contributed by atoms with Gasteiger partial charge in [0, 0.05) is 0 Å². The molecule has 0 aliphatic rings. The second-order valence-electron chi connectivity index (χ2n) is 4.68. The van der Waals surface area contributed by atoms with Gasteiger partial charge in [0.1, 0.15) is 4.90 Å². The van der Waals surface area contributed by atoms with Gasteiger partial charge in [-0.1, -0.05) is 12.1 Å². The first-order chi connectivity index (χ1) is 12.8. The summed E-state index contributed by atoms with van der Waals surface area (Å²) in [6.45, 7) is 0. The number of hydrogen-bond acceptors (Lipinski definition) is 10. The molecular weight excluding hydrogens is 398 g/mol. The highest BCUT2D eigenvalue weighted by atomic mass is 32.2. The summed E-state index contributed by atoms with van der Waals surface area (Å²) in [5.41, 5.74) is -0.140. The number of esters is 1. The quantitative estimate of drug-likeness (QED) is 0.500. The number of nitrogens with one attached hydrogen (secondary N) is 2. The maximum Gasteiger partial charge on any atom is 0.339 e. The lowest BCUT2D eigenvalue weighted by atomic mass is 10.2. The van der Waals surface area contributed by atoms with E-state index in [1.807, 2.05) is 0 Å². The molecule has 0 spiro atoms. The number of thiocarbonyl (C=S) groups is 1. The molecule has 1 heterocycles. The summed E-state index contributed by atoms with van der Waals surface area (Å²) in [7, 11) is -0.366. The number of aromatic nitrogens is 3. The molecule has 27 heavy (non-hydrogen) atoms. The topological polar surface area (TPSA) is 142 Å². The van der Waals surface area contributed by atoms with Gasteiger partial charge in [0.05, 0.1) is 26.9 Å². The minimum atomic E-state index is -4.18. The normalized spacial score (nSPS) is 10.6. The molecule has 0 aliphatic heterocycles. The number of nitrogens with zero attached hydrogens (tertiary/aromatic N) is 3. The van der Waals surface area contributed by atoms with Crippen molar-refractivity contribution in [3.05, 3.63) is 29.8 Å². The zero-order valence-electron chi connectivity index (χ0n) is 14.4. The van der Waals surface area contributed by atoms with Crippen LogP contribution in [0.2, 0.25) is 0 Å². The second kappa shape index (κ2) is 8.55. The molecule has 13 heteroatoms. The van der Waals surface area contributed by atoms with Crippen LogP contribution in [0.25, 0.3) is 0 Å². The van der Waals surface area contributed by atoms with Crippen molar-refractivity contribution < 1.29 is 27.4 Å². The van der Waals surface area contributed by atoms with Gasteiger partial charge >= 0.3 is 18.0 Å². The Bertz CT molecular complexity index is 944. The fraction of sp³-hybridized carbons (Fsp3) is 0.214. The fourth-order valence-corrected chi connectivity index (χ4v) is 3.38. The fourth-order valence-electron chi connectivity index (χ4n) is 1.86. The van der Waals surface area contributed by atoms with Gasteiger partial charge in [0.15, 0.2) is 5.11 Å². The Labute approximate surface area is 160 Å². The van der Waals surface area contributed by atoms with Crippen molar-refractivity contribution in [1.29, 1.82) is 0 Å². The van der Waals surface area contributed by atoms with Gasteiger partial charge in [0.2, 0.25) is 5.95 Å². The minimum absolute atomic E-state index is 0.0638. The monoisotopic (exact) mass is 413 g/mol. The Hall–Kier alpha value is -3.06. The van der Waals surface area contributed by atoms with Gasteiger partial charge in [-0.05, 0) is 24.4 Å². The molecule has 0 aliphatic carbocycles. The number of sulfonamides is 1. The first-order valence-corrected chi connectivity index (χ1v) is 9.05. The van der Waals surface area contributed by atoms with Crippen LogP contribution >= 0.6 is 12.2 Å². The van der Waals surface area contributed by atoms with E-state index in [1.165, 1.54) is 38.5 Å². The highest BCUT2D eigenvalue weighted by molar-refractivity contribution is 7.92. The van der Waals surface area contributed by atoms with E-state index in [1.54, 1.807) is 0 Å². The Morgan fingerprint density at radius 2 is 1.63 bits per heavy atom. The van der Waals surface area contributed by atoms with Gasteiger partial charge in [-0.15, -0.1) is 4.98 Å². The van der Waals surface area contributed by atoms with E-state index >= 15 is 0 Å². The Morgan fingerprint density at radius 3 is 2.19 bits per heavy atom. The number of anilines is 1. The smallest absolute Gasteiger partial charge is 0.339 e. The SMILES string of the molecule is COC(=O)c1ccccc1S(=O)(=O)NC(=S)Nc1nc(OC)nc(OC)n1. The van der Waals surface area contributed by atoms with Crippen molar-refractivity contribution in [1.82, 2.24) is 19.7 Å². The molecule has 144 valence electrons. The molecular formula is C14H15N5O6S2. The average Bonchev–Trinajstić information content (AvgIpc) is 2.66. The van der Waals surface area contributed by atoms with E-state index in [9.17, 15) is 13.2 Å². The van der Waals surface area contributed by atoms with Crippen LogP contribution in [-0.4, -0.2) is 55.8 Å². The van der Waals surface area contributed by atoms with Crippen LogP contribution in [0.1, 0.15) is 10.4 Å². The van der Waals surface area contributed by atoms with E-state index in [4.69, 9.17) is 21.7 Å². The molecule has 2 rings (SSSR count). The van der Waals surface area contributed by atoms with Crippen molar-refractivity contribution >= 4 is 39.3 Å². The Morgan fingerprint density at radius 1 is 1.04 bits per heavy atom. The Balaban J connectivity index is 2.24. The van der Waals surface area contributed by atoms with Gasteiger partial charge in [-0.25, -0.2) is 13.2 Å². The van der Waals surface area contributed by atoms with Crippen LogP contribution in [0.3, 0.4) is 0 Å². The number of carbonyl (C=O) groups excluding carboxylic acids is 1. The number of carbonyl (C=O) groups is 1. The third kappa shape index (κ3) is 4.98. The van der Waals surface area contributed by atoms with Crippen molar-refractivity contribution in [2.45, 2.75) is 4.90 Å². The maximum atomic E-state index is 12.6. The van der Waals surface area contributed by atoms with Crippen LogP contribution in [0.4, 0.5) is 5.95 Å². The number of rotatable bonds is 6. The highest BCUT2D eigenvalue weighted by Gasteiger charge is 2.24. The molecule has 11 nitrogen and oxygen atoms in total. The summed E-state index contributed by atoms with van der Waals surface area (Å²) in [6.07, 6.45) is 0. The van der Waals surface area contributed by atoms with E-state index in [-0.39, 0.29) is 33.5 Å². The lowest BCUT2D eigenvalue weighted by Gasteiger charge is -2.12. The molecule has 2 aromatic rings. The first-order valence-electron chi connectivity index (χ1n) is 7.16. The van der Waals surface area contributed by atoms with Crippen LogP contribution in [0.5, 0.6) is 12.0 Å². The molecule has 0 bridgehead atoms. The van der Waals surface area contributed by atoms with Crippen molar-refractivity contribution in [2.24, 2.45) is 0 Å². The third-order valence-electron chi connectivity index (χ3n) is 2.99. The number of ether oxygens (including phenoxy) is 3. The average molecular weight is 413 g/mol. The molecule has 1 aromatic heterocycles. The van der Waals surface area contributed by atoms with Crippen molar-refractivity contribution in [3.8, 4) is 12.0 Å². The van der Waals surface area contributed by atoms with Gasteiger partial charge < -0.3 is 19.5 Å². The number of methoxy groups -OCH3 is 3. The zero-order valence-corrected chi connectivity index (χ0v) is 16.1. The van der Waals surface area contributed by atoms with Gasteiger partial charge in [0.25, 0.3) is 10.0 Å². The van der Waals surface area contributed by atoms with E-state index in [0.717, 1.165) is 7.11 Å². The molecule has 0 radical (unpaired) electrons. The maximum absolute atomic E-state index is 12.6. The Kier molecular flexibility index (Phi) is 6.41. The second-order valence-corrected chi connectivity index (χ2v) is 6.74. The predicted molar refractivity (Wildman–Crippen MR) is 97.3 cm³/mol. The van der Waals surface area contributed by atoms with Crippen LogP contribution in [0.15, 0.2) is 29.2 Å². The molecule has 0 atom stereocenters. The summed E-state index contributed by atoms with van der Waals surface area (Å²) in [5.74, 6) is -0.908. The van der Waals surface area contributed by atoms with E-state index < -0.39 is 16.0 Å². The van der Waals surface area contributed by atoms with E-state index in [2.05, 4.69) is 29.7 Å². The van der Waals surface area contributed by atoms with Gasteiger partial charge in [-0.3, -0.25) is 4.72 Å². The summed E-state index contributed by atoms with van der Waals surface area (Å²) in [6, 6.07) is 5.40. The highest BCUT2D eigenvalue weighted by Crippen LogP contribution is 2.17. The minimum Gasteiger partial charge on any atom is -0.467 e. The summed E-state index contributed by atoms with van der Waals surface area (Å²) >= 11 is 4.98. The number of benzene rings is 1. The third-order valence-corrected chi connectivity index (χ3v) is 4.74. The van der Waals surface area contributed by atoms with E-state index in [0.29, 0.717) is 0 Å². The van der Waals surface area contributed by atoms with Crippen LogP contribution in [0, 0.1) is 0 Å². The molecule has 0 saturated heterocycles. The summed E-state index contributed by atoms with van der Waals surface area (Å²) in [5, 5.41) is 2.14. The number of hydrogen-bond donors (Lipinski definition) is 2. The molecule has 0 unspecified atom stereocenters.